The molecule has 0 bridgehead atoms. The van der Waals surface area contributed by atoms with Gasteiger partial charge in [0.15, 0.2) is 11.6 Å². The van der Waals surface area contributed by atoms with Gasteiger partial charge in [-0.2, -0.15) is 13.2 Å². The topological polar surface area (TPSA) is 66.9 Å². The van der Waals surface area contributed by atoms with Crippen LogP contribution in [0.25, 0.3) is 0 Å². The Labute approximate surface area is 155 Å². The number of carbonyl (C=O) groups excluding carboxylic acids is 1. The lowest BCUT2D eigenvalue weighted by Crippen LogP contribution is -2.18. The molecule has 3 aromatic rings. The summed E-state index contributed by atoms with van der Waals surface area (Å²) in [5.74, 6) is -2.94. The molecule has 2 aromatic carbocycles. The Bertz CT molecular complexity index is 1020. The van der Waals surface area contributed by atoms with E-state index in [0.29, 0.717) is 0 Å². The molecule has 3 rings (SSSR count). The number of aromatic nitrogens is 2. The van der Waals surface area contributed by atoms with E-state index < -0.39 is 35.0 Å². The molecule has 144 valence electrons. The van der Waals surface area contributed by atoms with Crippen molar-refractivity contribution in [2.24, 2.45) is 0 Å². The highest BCUT2D eigenvalue weighted by Crippen LogP contribution is 2.34. The number of para-hydroxylation sites is 1. The molecule has 0 aliphatic heterocycles. The molecule has 0 unspecified atom stereocenters. The Morgan fingerprint density at radius 3 is 2.39 bits per heavy atom. The van der Waals surface area contributed by atoms with Crippen LogP contribution in [0, 0.1) is 11.6 Å². The highest BCUT2D eigenvalue weighted by Gasteiger charge is 2.33. The summed E-state index contributed by atoms with van der Waals surface area (Å²) in [5.41, 5.74) is -1.49. The molecule has 0 saturated carbocycles. The van der Waals surface area contributed by atoms with Gasteiger partial charge in [-0.15, -0.1) is 0 Å². The predicted molar refractivity (Wildman–Crippen MR) is 91.1 cm³/mol. The van der Waals surface area contributed by atoms with Crippen LogP contribution in [0.1, 0.15) is 16.1 Å². The average Bonchev–Trinajstić information content (AvgIpc) is 2.64. The molecule has 0 atom stereocenters. The zero-order valence-electron chi connectivity index (χ0n) is 13.9. The van der Waals surface area contributed by atoms with Gasteiger partial charge in [0.2, 0.25) is 0 Å². The van der Waals surface area contributed by atoms with E-state index in [9.17, 15) is 26.7 Å². The van der Waals surface area contributed by atoms with E-state index in [1.165, 1.54) is 18.2 Å². The van der Waals surface area contributed by atoms with E-state index in [1.54, 1.807) is 0 Å². The maximum Gasteiger partial charge on any atom is 0.418 e. The SMILES string of the molecule is O=C(Nc1ccccc1C(F)(F)F)c1cc(Nc2ccc(F)c(F)c2)ncn1. The number of amides is 1. The highest BCUT2D eigenvalue weighted by atomic mass is 19.4. The third-order valence-electron chi connectivity index (χ3n) is 3.57. The van der Waals surface area contributed by atoms with Gasteiger partial charge in [-0.3, -0.25) is 4.79 Å². The number of nitrogens with zero attached hydrogens (tertiary/aromatic N) is 2. The normalized spacial score (nSPS) is 11.2. The second kappa shape index (κ2) is 7.59. The lowest BCUT2D eigenvalue weighted by Gasteiger charge is -2.13. The Balaban J connectivity index is 1.80. The summed E-state index contributed by atoms with van der Waals surface area (Å²) in [5, 5.41) is 4.80. The first-order valence-corrected chi connectivity index (χ1v) is 7.76. The molecule has 0 spiro atoms. The minimum absolute atomic E-state index is 0.0651. The predicted octanol–water partition coefficient (Wildman–Crippen LogP) is 4.77. The second-order valence-electron chi connectivity index (χ2n) is 5.54. The van der Waals surface area contributed by atoms with Gasteiger partial charge >= 0.3 is 6.18 Å². The van der Waals surface area contributed by atoms with Crippen LogP contribution in [0.4, 0.5) is 39.1 Å². The van der Waals surface area contributed by atoms with Gasteiger partial charge in [0.1, 0.15) is 17.8 Å². The van der Waals surface area contributed by atoms with Crippen molar-refractivity contribution in [1.29, 1.82) is 0 Å². The van der Waals surface area contributed by atoms with E-state index in [-0.39, 0.29) is 17.2 Å². The van der Waals surface area contributed by atoms with Crippen molar-refractivity contribution in [3.8, 4) is 0 Å². The molecule has 0 aliphatic rings. The standard InChI is InChI=1S/C18H11F5N4O/c19-12-6-5-10(7-13(12)20)26-16-8-15(24-9-25-16)17(28)27-14-4-2-1-3-11(14)18(21,22)23/h1-9H,(H,27,28)(H,24,25,26). The van der Waals surface area contributed by atoms with Crippen molar-refractivity contribution in [3.63, 3.8) is 0 Å². The molecule has 1 amide bonds. The van der Waals surface area contributed by atoms with Crippen molar-refractivity contribution in [2.45, 2.75) is 6.18 Å². The molecule has 0 radical (unpaired) electrons. The van der Waals surface area contributed by atoms with Crippen LogP contribution in [0.3, 0.4) is 0 Å². The maximum atomic E-state index is 13.3. The lowest BCUT2D eigenvalue weighted by molar-refractivity contribution is -0.136. The van der Waals surface area contributed by atoms with Crippen molar-refractivity contribution >= 4 is 23.1 Å². The number of halogens is 5. The lowest BCUT2D eigenvalue weighted by atomic mass is 10.1. The molecular formula is C18H11F5N4O. The molecular weight excluding hydrogens is 383 g/mol. The van der Waals surface area contributed by atoms with Crippen LogP contribution in [0.15, 0.2) is 54.9 Å². The molecule has 10 heteroatoms. The average molecular weight is 394 g/mol. The summed E-state index contributed by atoms with van der Waals surface area (Å²) in [4.78, 5) is 19.8. The summed E-state index contributed by atoms with van der Waals surface area (Å²) >= 11 is 0. The fraction of sp³-hybridized carbons (Fsp3) is 0.0556. The van der Waals surface area contributed by atoms with Crippen LogP contribution in [-0.4, -0.2) is 15.9 Å². The third-order valence-corrected chi connectivity index (χ3v) is 3.57. The number of hydrogen-bond acceptors (Lipinski definition) is 4. The first-order valence-electron chi connectivity index (χ1n) is 7.76. The van der Waals surface area contributed by atoms with E-state index in [2.05, 4.69) is 20.6 Å². The number of anilines is 3. The summed E-state index contributed by atoms with van der Waals surface area (Å²) in [7, 11) is 0. The number of benzene rings is 2. The minimum Gasteiger partial charge on any atom is -0.340 e. The number of carbonyl (C=O) groups is 1. The van der Waals surface area contributed by atoms with Gasteiger partial charge in [0.25, 0.3) is 5.91 Å². The molecule has 0 aliphatic carbocycles. The molecule has 1 aromatic heterocycles. The van der Waals surface area contributed by atoms with Crippen LogP contribution in [-0.2, 0) is 6.18 Å². The third kappa shape index (κ3) is 4.40. The van der Waals surface area contributed by atoms with Gasteiger partial charge in [0.05, 0.1) is 11.3 Å². The Hall–Kier alpha value is -3.56. The van der Waals surface area contributed by atoms with Crippen LogP contribution >= 0.6 is 0 Å². The second-order valence-corrected chi connectivity index (χ2v) is 5.54. The van der Waals surface area contributed by atoms with Crippen molar-refractivity contribution in [1.82, 2.24) is 9.97 Å². The molecule has 1 heterocycles. The van der Waals surface area contributed by atoms with Gasteiger partial charge < -0.3 is 10.6 Å². The van der Waals surface area contributed by atoms with Crippen LogP contribution < -0.4 is 10.6 Å². The first-order chi connectivity index (χ1) is 13.2. The molecule has 0 saturated heterocycles. The number of alkyl halides is 3. The molecule has 2 N–H and O–H groups in total. The quantitative estimate of drug-likeness (QED) is 0.626. The van der Waals surface area contributed by atoms with E-state index in [1.807, 2.05) is 0 Å². The van der Waals surface area contributed by atoms with Crippen LogP contribution in [0.5, 0.6) is 0 Å². The fourth-order valence-corrected chi connectivity index (χ4v) is 2.30. The number of rotatable bonds is 4. The molecule has 28 heavy (non-hydrogen) atoms. The van der Waals surface area contributed by atoms with Gasteiger partial charge in [-0.1, -0.05) is 12.1 Å². The van der Waals surface area contributed by atoms with E-state index >= 15 is 0 Å². The maximum absolute atomic E-state index is 13.3. The largest absolute Gasteiger partial charge is 0.418 e. The van der Waals surface area contributed by atoms with Crippen LogP contribution in [0.2, 0.25) is 0 Å². The van der Waals surface area contributed by atoms with Gasteiger partial charge in [-0.05, 0) is 24.3 Å². The van der Waals surface area contributed by atoms with Crippen molar-refractivity contribution in [3.05, 3.63) is 77.8 Å². The zero-order valence-corrected chi connectivity index (χ0v) is 13.9. The zero-order chi connectivity index (χ0) is 20.3. The van der Waals surface area contributed by atoms with E-state index in [0.717, 1.165) is 36.7 Å². The fourth-order valence-electron chi connectivity index (χ4n) is 2.30. The minimum atomic E-state index is -4.64. The summed E-state index contributed by atoms with van der Waals surface area (Å²) in [6.07, 6.45) is -3.64. The summed E-state index contributed by atoms with van der Waals surface area (Å²) < 4.78 is 65.3. The number of nitrogens with one attached hydrogen (secondary N) is 2. The first kappa shape index (κ1) is 19.2. The molecule has 5 nitrogen and oxygen atoms in total. The van der Waals surface area contributed by atoms with Gasteiger partial charge in [-0.25, -0.2) is 18.7 Å². The van der Waals surface area contributed by atoms with Gasteiger partial charge in [0, 0.05) is 17.8 Å². The Kier molecular flexibility index (Phi) is 5.21. The Morgan fingerprint density at radius 2 is 1.68 bits per heavy atom. The summed E-state index contributed by atoms with van der Waals surface area (Å²) in [6, 6.07) is 8.70. The number of hydrogen-bond donors (Lipinski definition) is 2. The monoisotopic (exact) mass is 394 g/mol. The highest BCUT2D eigenvalue weighted by molar-refractivity contribution is 6.03. The van der Waals surface area contributed by atoms with Crippen molar-refractivity contribution < 1.29 is 26.7 Å². The molecule has 0 fully saturated rings. The van der Waals surface area contributed by atoms with E-state index in [4.69, 9.17) is 0 Å². The van der Waals surface area contributed by atoms with Crippen molar-refractivity contribution in [2.75, 3.05) is 10.6 Å². The smallest absolute Gasteiger partial charge is 0.340 e. The summed E-state index contributed by atoms with van der Waals surface area (Å²) in [6.45, 7) is 0. The Morgan fingerprint density at radius 1 is 0.929 bits per heavy atom.